The van der Waals surface area contributed by atoms with Crippen molar-refractivity contribution in [1.82, 2.24) is 30.0 Å². The van der Waals surface area contributed by atoms with Crippen molar-refractivity contribution in [3.05, 3.63) is 35.5 Å². The number of nitrogens with one attached hydrogen (secondary N) is 2. The van der Waals surface area contributed by atoms with Crippen molar-refractivity contribution in [2.75, 3.05) is 84.1 Å². The number of nitrogen functional groups attached to an aromatic ring is 1. The number of anilines is 2. The van der Waals surface area contributed by atoms with Gasteiger partial charge in [0.25, 0.3) is 0 Å². The first-order valence-electron chi connectivity index (χ1n) is 17.6. The Morgan fingerprint density at radius 3 is 2.32 bits per heavy atom. The van der Waals surface area contributed by atoms with Crippen molar-refractivity contribution in [2.24, 2.45) is 0 Å². The molecular formula is C35H54N8O7. The second-order valence-corrected chi connectivity index (χ2v) is 12.2. The Morgan fingerprint density at radius 2 is 1.68 bits per heavy atom. The lowest BCUT2D eigenvalue weighted by molar-refractivity contribution is -0.137. The number of carbonyl (C=O) groups is 2. The zero-order chi connectivity index (χ0) is 35.6. The van der Waals surface area contributed by atoms with Gasteiger partial charge in [0, 0.05) is 38.2 Å². The predicted octanol–water partition coefficient (Wildman–Crippen LogP) is 3.15. The van der Waals surface area contributed by atoms with Crippen LogP contribution >= 0.6 is 0 Å². The number of rotatable bonds is 25. The lowest BCUT2D eigenvalue weighted by Crippen LogP contribution is -2.44. The molecule has 0 bridgehead atoms. The van der Waals surface area contributed by atoms with E-state index < -0.39 is 0 Å². The minimum atomic E-state index is -0.0712. The van der Waals surface area contributed by atoms with E-state index in [-0.39, 0.29) is 23.8 Å². The summed E-state index contributed by atoms with van der Waals surface area (Å²) < 4.78 is 29.8. The van der Waals surface area contributed by atoms with E-state index in [1.807, 2.05) is 21.7 Å². The molecule has 50 heavy (non-hydrogen) atoms. The number of benzene rings is 1. The fraction of sp³-hybridized carbons (Fsp3) is 0.629. The topological polar surface area (TPSA) is 177 Å². The van der Waals surface area contributed by atoms with Crippen LogP contribution in [0, 0.1) is 0 Å². The summed E-state index contributed by atoms with van der Waals surface area (Å²) in [4.78, 5) is 34.9. The van der Waals surface area contributed by atoms with Gasteiger partial charge >= 0.3 is 0 Å². The molecule has 2 heterocycles. The SMILES string of the molecule is CCCCNc1nc(N)nc2cnn(Cc3ccc(CN(C(=O)CCOCCOCCOCCOCCNC(C)=O)C4CCC4)cc3OC)c12. The number of fused-ring (bicyclic) bond motifs is 1. The molecular weight excluding hydrogens is 644 g/mol. The number of ether oxygens (including phenoxy) is 5. The van der Waals surface area contributed by atoms with Gasteiger partial charge in [-0.2, -0.15) is 10.1 Å². The second-order valence-electron chi connectivity index (χ2n) is 12.2. The Balaban J connectivity index is 1.21. The van der Waals surface area contributed by atoms with Gasteiger partial charge in [-0.25, -0.2) is 4.98 Å². The monoisotopic (exact) mass is 698 g/mol. The van der Waals surface area contributed by atoms with E-state index in [4.69, 9.17) is 29.4 Å². The highest BCUT2D eigenvalue weighted by Crippen LogP contribution is 2.30. The molecule has 276 valence electrons. The fourth-order valence-electron chi connectivity index (χ4n) is 5.50. The lowest BCUT2D eigenvalue weighted by Gasteiger charge is -2.38. The Kier molecular flexibility index (Phi) is 16.5. The van der Waals surface area contributed by atoms with Crippen LogP contribution in [0.15, 0.2) is 24.4 Å². The maximum absolute atomic E-state index is 13.3. The third-order valence-electron chi connectivity index (χ3n) is 8.39. The first kappa shape index (κ1) is 38.7. The number of hydrogen-bond acceptors (Lipinski definition) is 12. The molecule has 0 unspecified atom stereocenters. The molecule has 3 aromatic rings. The maximum Gasteiger partial charge on any atom is 0.225 e. The summed E-state index contributed by atoms with van der Waals surface area (Å²) in [5.74, 6) is 1.61. The number of nitrogens with zero attached hydrogens (tertiary/aromatic N) is 5. The smallest absolute Gasteiger partial charge is 0.225 e. The minimum Gasteiger partial charge on any atom is -0.496 e. The summed E-state index contributed by atoms with van der Waals surface area (Å²) in [7, 11) is 1.66. The van der Waals surface area contributed by atoms with Crippen molar-refractivity contribution in [2.45, 2.75) is 71.5 Å². The molecule has 2 aromatic heterocycles. The first-order chi connectivity index (χ1) is 24.4. The number of carbonyl (C=O) groups excluding carboxylic acids is 2. The number of hydrogen-bond donors (Lipinski definition) is 3. The Bertz CT molecular complexity index is 1480. The third kappa shape index (κ3) is 12.4. The van der Waals surface area contributed by atoms with Gasteiger partial charge in [-0.05, 0) is 37.3 Å². The van der Waals surface area contributed by atoms with Crippen LogP contribution in [0.2, 0.25) is 0 Å². The van der Waals surface area contributed by atoms with Gasteiger partial charge in [0.2, 0.25) is 17.8 Å². The van der Waals surface area contributed by atoms with E-state index in [0.717, 1.165) is 61.0 Å². The minimum absolute atomic E-state index is 0.0712. The van der Waals surface area contributed by atoms with Crippen LogP contribution in [0.25, 0.3) is 11.0 Å². The summed E-state index contributed by atoms with van der Waals surface area (Å²) in [5.41, 5.74) is 9.39. The normalized spacial score (nSPS) is 12.9. The molecule has 1 saturated carbocycles. The lowest BCUT2D eigenvalue weighted by atomic mass is 9.90. The van der Waals surface area contributed by atoms with Crippen LogP contribution in [0.5, 0.6) is 5.75 Å². The van der Waals surface area contributed by atoms with Crippen LogP contribution in [0.1, 0.15) is 63.5 Å². The standard InChI is InChI=1S/C35H54N8O7/c1-4-5-12-38-34-33-30(40-35(36)41-34)23-39-43(33)25-28-10-9-27(22-31(28)46-3)24-42(29-7-6-8-29)32(45)11-14-47-16-18-49-20-21-50-19-17-48-15-13-37-26(2)44/h9-10,22-23,29H,4-8,11-21,24-25H2,1-3H3,(H,37,44)(H3,36,38,40,41). The van der Waals surface area contributed by atoms with Crippen molar-refractivity contribution in [3.63, 3.8) is 0 Å². The fourth-order valence-corrected chi connectivity index (χ4v) is 5.50. The first-order valence-corrected chi connectivity index (χ1v) is 17.6. The van der Waals surface area contributed by atoms with Gasteiger partial charge in [0.15, 0.2) is 5.82 Å². The average Bonchev–Trinajstić information content (AvgIpc) is 3.47. The van der Waals surface area contributed by atoms with E-state index >= 15 is 0 Å². The molecule has 0 spiro atoms. The van der Waals surface area contributed by atoms with Gasteiger partial charge < -0.3 is 45.0 Å². The molecule has 0 atom stereocenters. The van der Waals surface area contributed by atoms with Crippen LogP contribution in [-0.4, -0.2) is 116 Å². The summed E-state index contributed by atoms with van der Waals surface area (Å²) in [6.07, 6.45) is 7.23. The summed E-state index contributed by atoms with van der Waals surface area (Å²) in [6, 6.07) is 6.33. The Labute approximate surface area is 294 Å². The summed E-state index contributed by atoms with van der Waals surface area (Å²) >= 11 is 0. The van der Waals surface area contributed by atoms with Gasteiger partial charge in [0.1, 0.15) is 16.8 Å². The number of nitrogens with two attached hydrogens (primary N) is 1. The van der Waals surface area contributed by atoms with E-state index in [0.29, 0.717) is 90.2 Å². The van der Waals surface area contributed by atoms with Crippen LogP contribution in [-0.2, 0) is 41.6 Å². The highest BCUT2D eigenvalue weighted by Gasteiger charge is 2.29. The zero-order valence-electron chi connectivity index (χ0n) is 29.8. The van der Waals surface area contributed by atoms with E-state index in [1.54, 1.807) is 13.3 Å². The van der Waals surface area contributed by atoms with Crippen LogP contribution < -0.4 is 21.1 Å². The molecule has 4 N–H and O–H groups in total. The van der Waals surface area contributed by atoms with Crippen LogP contribution in [0.4, 0.5) is 11.8 Å². The van der Waals surface area contributed by atoms with Gasteiger partial charge in [-0.3, -0.25) is 14.3 Å². The predicted molar refractivity (Wildman–Crippen MR) is 190 cm³/mol. The molecule has 0 saturated heterocycles. The molecule has 1 aliphatic carbocycles. The molecule has 2 amide bonds. The van der Waals surface area contributed by atoms with Gasteiger partial charge in [-0.1, -0.05) is 25.5 Å². The van der Waals surface area contributed by atoms with Crippen molar-refractivity contribution in [1.29, 1.82) is 0 Å². The van der Waals surface area contributed by atoms with Crippen molar-refractivity contribution in [3.8, 4) is 5.75 Å². The third-order valence-corrected chi connectivity index (χ3v) is 8.39. The van der Waals surface area contributed by atoms with Crippen molar-refractivity contribution >= 4 is 34.6 Å². The summed E-state index contributed by atoms with van der Waals surface area (Å²) in [6.45, 7) is 9.30. The van der Waals surface area contributed by atoms with E-state index in [9.17, 15) is 9.59 Å². The number of unbranched alkanes of at least 4 members (excludes halogenated alkanes) is 1. The molecule has 0 radical (unpaired) electrons. The van der Waals surface area contributed by atoms with Gasteiger partial charge in [0.05, 0.1) is 79.1 Å². The number of aromatic nitrogens is 4. The van der Waals surface area contributed by atoms with Crippen LogP contribution in [0.3, 0.4) is 0 Å². The maximum atomic E-state index is 13.3. The number of methoxy groups -OCH3 is 1. The average molecular weight is 699 g/mol. The highest BCUT2D eigenvalue weighted by molar-refractivity contribution is 5.86. The zero-order valence-corrected chi connectivity index (χ0v) is 29.8. The quantitative estimate of drug-likeness (QED) is 0.110. The number of amides is 2. The van der Waals surface area contributed by atoms with Gasteiger partial charge in [-0.15, -0.1) is 0 Å². The Hall–Kier alpha value is -4.05. The molecule has 1 aromatic carbocycles. The molecule has 1 aliphatic rings. The molecule has 1 fully saturated rings. The second kappa shape index (κ2) is 21.2. The molecule has 4 rings (SSSR count). The summed E-state index contributed by atoms with van der Waals surface area (Å²) in [5, 5.41) is 10.6. The Morgan fingerprint density at radius 1 is 0.980 bits per heavy atom. The van der Waals surface area contributed by atoms with Crippen molar-refractivity contribution < 1.29 is 33.3 Å². The van der Waals surface area contributed by atoms with E-state index in [1.165, 1.54) is 6.92 Å². The molecule has 15 heteroatoms. The molecule has 0 aliphatic heterocycles. The largest absolute Gasteiger partial charge is 0.496 e. The van der Waals surface area contributed by atoms with E-state index in [2.05, 4.69) is 38.7 Å². The highest BCUT2D eigenvalue weighted by atomic mass is 16.6. The molecule has 15 nitrogen and oxygen atoms in total.